The number of hydrogen-bond acceptors (Lipinski definition) is 3. The molecule has 0 spiro atoms. The molecule has 0 aromatic carbocycles. The van der Waals surface area contributed by atoms with E-state index in [2.05, 4.69) is 50.8 Å². The van der Waals surface area contributed by atoms with Crippen molar-refractivity contribution in [2.24, 2.45) is 9.98 Å². The van der Waals surface area contributed by atoms with E-state index in [1.807, 2.05) is 52.1 Å². The maximum Gasteiger partial charge on any atom is 0.329 e. The number of aliphatic imine (C=N–C) groups is 2. The van der Waals surface area contributed by atoms with Crippen molar-refractivity contribution in [3.8, 4) is 0 Å². The molecule has 0 aliphatic rings. The van der Waals surface area contributed by atoms with Crippen molar-refractivity contribution in [3.63, 3.8) is 0 Å². The van der Waals surface area contributed by atoms with Crippen LogP contribution in [-0.2, 0) is 11.5 Å². The molecule has 0 saturated carbocycles. The Balaban J connectivity index is 5.74. The molecule has 0 radical (unpaired) electrons. The van der Waals surface area contributed by atoms with Gasteiger partial charge in [-0.15, -0.1) is 8.61 Å². The summed E-state index contributed by atoms with van der Waals surface area (Å²) in [5.41, 5.74) is 0. The molecule has 7 nitrogen and oxygen atoms in total. The summed E-state index contributed by atoms with van der Waals surface area (Å²) in [5.74, 6) is 1.88. The molecule has 0 bridgehead atoms. The molecule has 0 fully saturated rings. The van der Waals surface area contributed by atoms with Gasteiger partial charge in [-0.05, 0) is 13.8 Å². The third-order valence-corrected chi connectivity index (χ3v) is 5.47. The second kappa shape index (κ2) is 9.78. The van der Waals surface area contributed by atoms with Crippen molar-refractivity contribution in [2.75, 3.05) is 69.5 Å². The molecule has 0 heterocycles. The van der Waals surface area contributed by atoms with Crippen LogP contribution in [0.4, 0.5) is 0 Å². The van der Waals surface area contributed by atoms with Gasteiger partial charge in [0.1, 0.15) is 0 Å². The van der Waals surface area contributed by atoms with Crippen LogP contribution in [-0.4, -0.2) is 104 Å². The van der Waals surface area contributed by atoms with Gasteiger partial charge in [0.25, 0.3) is 0 Å². The lowest BCUT2D eigenvalue weighted by atomic mass is 10.7. The van der Waals surface area contributed by atoms with Gasteiger partial charge in [0.05, 0.1) is 14.1 Å². The first kappa shape index (κ1) is 20.9. The van der Waals surface area contributed by atoms with Crippen molar-refractivity contribution in [3.05, 3.63) is 0 Å². The summed E-state index contributed by atoms with van der Waals surface area (Å²) < 4.78 is 6.83. The summed E-state index contributed by atoms with van der Waals surface area (Å²) >= 11 is -0.298. The number of guanidine groups is 2. The first-order valence-electron chi connectivity index (χ1n) is 7.51. The van der Waals surface area contributed by atoms with Crippen LogP contribution < -0.4 is 0 Å². The van der Waals surface area contributed by atoms with Gasteiger partial charge in [-0.3, -0.25) is 9.98 Å². The Morgan fingerprint density at radius 2 is 1.05 bits per heavy atom. The van der Waals surface area contributed by atoms with Gasteiger partial charge in [0, 0.05) is 55.4 Å². The number of hydrogen-bond donors (Lipinski definition) is 0. The lowest BCUT2D eigenvalue weighted by Gasteiger charge is -2.33. The Morgan fingerprint density at radius 1 is 0.727 bits per heavy atom. The average Bonchev–Trinajstić information content (AvgIpc) is 2.44. The monoisotopic (exact) mass is 332 g/mol. The standard InChI is InChI=1S/C14H34N7S/c1-11-21(12-2)22(19(9)13(15-3)17(5)6)20(10)14(16-4)18(7)8/h11-12H2,1-10H3/q+1/b15-13+,16-14+. The molecule has 0 aliphatic carbocycles. The van der Waals surface area contributed by atoms with E-state index in [4.69, 9.17) is 0 Å². The molecule has 0 aliphatic heterocycles. The minimum Gasteiger partial charge on any atom is -0.346 e. The van der Waals surface area contributed by atoms with Gasteiger partial charge in [0.15, 0.2) is 0 Å². The van der Waals surface area contributed by atoms with Gasteiger partial charge in [-0.25, -0.2) is 0 Å². The van der Waals surface area contributed by atoms with E-state index in [0.717, 1.165) is 25.0 Å². The Bertz CT molecular complexity index is 347. The molecule has 22 heavy (non-hydrogen) atoms. The van der Waals surface area contributed by atoms with Crippen molar-refractivity contribution in [1.82, 2.24) is 22.7 Å². The summed E-state index contributed by atoms with van der Waals surface area (Å²) in [6, 6.07) is 0. The molecule has 0 amide bonds. The van der Waals surface area contributed by atoms with Crippen molar-refractivity contribution in [2.45, 2.75) is 13.8 Å². The van der Waals surface area contributed by atoms with Gasteiger partial charge >= 0.3 is 11.5 Å². The first-order chi connectivity index (χ1) is 10.3. The lowest BCUT2D eigenvalue weighted by molar-refractivity contribution is 0.440. The van der Waals surface area contributed by atoms with Crippen LogP contribution in [0.5, 0.6) is 0 Å². The van der Waals surface area contributed by atoms with E-state index in [-0.39, 0.29) is 11.5 Å². The third-order valence-electron chi connectivity index (χ3n) is 3.19. The Labute approximate surface area is 140 Å². The van der Waals surface area contributed by atoms with Crippen LogP contribution in [0.2, 0.25) is 0 Å². The fraction of sp³-hybridized carbons (Fsp3) is 0.857. The second-order valence-corrected chi connectivity index (χ2v) is 7.29. The molecule has 130 valence electrons. The molecular formula is C14H34N7S+. The van der Waals surface area contributed by atoms with Crippen LogP contribution in [0.25, 0.3) is 0 Å². The zero-order valence-corrected chi connectivity index (χ0v) is 16.8. The molecule has 8 heteroatoms. The van der Waals surface area contributed by atoms with Gasteiger partial charge in [-0.2, -0.15) is 0 Å². The summed E-state index contributed by atoms with van der Waals surface area (Å²) in [7, 11) is 15.9. The summed E-state index contributed by atoms with van der Waals surface area (Å²) in [6.07, 6.45) is 0. The van der Waals surface area contributed by atoms with E-state index in [0.29, 0.717) is 0 Å². The first-order valence-corrected chi connectivity index (χ1v) is 8.61. The van der Waals surface area contributed by atoms with Crippen LogP contribution >= 0.6 is 0 Å². The summed E-state index contributed by atoms with van der Waals surface area (Å²) in [5, 5.41) is 0. The normalized spacial score (nSPS) is 12.9. The fourth-order valence-corrected chi connectivity index (χ4v) is 4.68. The highest BCUT2D eigenvalue weighted by Gasteiger charge is 2.43. The molecule has 0 atom stereocenters. The third kappa shape index (κ3) is 4.95. The average molecular weight is 333 g/mol. The predicted molar refractivity (Wildman–Crippen MR) is 99.9 cm³/mol. The van der Waals surface area contributed by atoms with Gasteiger partial charge in [-0.1, -0.05) is 4.31 Å². The minimum atomic E-state index is -0.298. The maximum atomic E-state index is 4.44. The highest BCUT2D eigenvalue weighted by molar-refractivity contribution is 7.91. The van der Waals surface area contributed by atoms with E-state index >= 15 is 0 Å². The molecule has 0 saturated heterocycles. The molecule has 0 aromatic heterocycles. The fourth-order valence-electron chi connectivity index (χ4n) is 2.38. The van der Waals surface area contributed by atoms with Crippen LogP contribution in [0, 0.1) is 0 Å². The lowest BCUT2D eigenvalue weighted by Crippen LogP contribution is -2.58. The molecule has 0 N–H and O–H groups in total. The topological polar surface area (TPSA) is 40.9 Å². The molecular weight excluding hydrogens is 298 g/mol. The van der Waals surface area contributed by atoms with Crippen LogP contribution in [0.3, 0.4) is 0 Å². The Hall–Kier alpha value is -1.15. The van der Waals surface area contributed by atoms with Gasteiger partial charge in [0.2, 0.25) is 11.9 Å². The zero-order valence-electron chi connectivity index (χ0n) is 16.0. The maximum absolute atomic E-state index is 4.44. The number of rotatable bonds is 5. The summed E-state index contributed by atoms with van der Waals surface area (Å²) in [6.45, 7) is 6.29. The smallest absolute Gasteiger partial charge is 0.329 e. The molecule has 0 unspecified atom stereocenters. The number of nitrogens with zero attached hydrogens (tertiary/aromatic N) is 7. The van der Waals surface area contributed by atoms with E-state index < -0.39 is 0 Å². The largest absolute Gasteiger partial charge is 0.346 e. The predicted octanol–water partition coefficient (Wildman–Crippen LogP) is 0.650. The Kier molecular flexibility index (Phi) is 9.27. The van der Waals surface area contributed by atoms with Gasteiger partial charge < -0.3 is 9.80 Å². The summed E-state index contributed by atoms with van der Waals surface area (Å²) in [4.78, 5) is 13.0. The van der Waals surface area contributed by atoms with Crippen LogP contribution in [0.15, 0.2) is 9.98 Å². The second-order valence-electron chi connectivity index (χ2n) is 5.19. The Morgan fingerprint density at radius 3 is 1.23 bits per heavy atom. The van der Waals surface area contributed by atoms with E-state index in [1.54, 1.807) is 0 Å². The minimum absolute atomic E-state index is 0.298. The van der Waals surface area contributed by atoms with E-state index in [1.165, 1.54) is 0 Å². The highest BCUT2D eigenvalue weighted by atomic mass is 32.2. The quantitative estimate of drug-likeness (QED) is 0.420. The highest BCUT2D eigenvalue weighted by Crippen LogP contribution is 2.17. The van der Waals surface area contributed by atoms with Crippen molar-refractivity contribution in [1.29, 1.82) is 0 Å². The van der Waals surface area contributed by atoms with Crippen LogP contribution in [0.1, 0.15) is 13.8 Å². The SMILES string of the molecule is CCN(CC)[S+](N(C)/C(=N/C)N(C)C)N(C)/C(=N/C)N(C)C. The zero-order chi connectivity index (χ0) is 17.4. The molecule has 0 aromatic rings. The molecule has 0 rings (SSSR count). The van der Waals surface area contributed by atoms with Crippen molar-refractivity contribution >= 4 is 23.4 Å². The van der Waals surface area contributed by atoms with Crippen molar-refractivity contribution < 1.29 is 0 Å². The van der Waals surface area contributed by atoms with E-state index in [9.17, 15) is 0 Å².